The van der Waals surface area contributed by atoms with Gasteiger partial charge in [0.2, 0.25) is 5.95 Å². The van der Waals surface area contributed by atoms with E-state index in [9.17, 15) is 4.79 Å². The first kappa shape index (κ1) is 16.0. The number of hydrogen-bond acceptors (Lipinski definition) is 5. The van der Waals surface area contributed by atoms with Crippen molar-refractivity contribution in [1.82, 2.24) is 9.97 Å². The molecule has 2 aromatic rings. The number of anilines is 2. The number of nitrogens with one attached hydrogen (secondary N) is 1. The van der Waals surface area contributed by atoms with Crippen LogP contribution in [0.3, 0.4) is 0 Å². The van der Waals surface area contributed by atoms with E-state index < -0.39 is 0 Å². The van der Waals surface area contributed by atoms with Crippen LogP contribution in [0.4, 0.5) is 11.6 Å². The fourth-order valence-corrected chi connectivity index (χ4v) is 3.44. The average molecular weight is 338 g/mol. The predicted molar refractivity (Wildman–Crippen MR) is 95.9 cm³/mol. The van der Waals surface area contributed by atoms with Crippen LogP contribution in [-0.4, -0.2) is 41.7 Å². The van der Waals surface area contributed by atoms with Gasteiger partial charge in [0.25, 0.3) is 5.91 Å². The van der Waals surface area contributed by atoms with Crippen molar-refractivity contribution in [1.29, 1.82) is 0 Å². The van der Waals surface area contributed by atoms with E-state index in [0.29, 0.717) is 18.1 Å². The molecule has 25 heavy (non-hydrogen) atoms. The first-order chi connectivity index (χ1) is 12.3. The molecule has 1 unspecified atom stereocenters. The molecule has 1 amide bonds. The van der Waals surface area contributed by atoms with Crippen molar-refractivity contribution < 1.29 is 9.53 Å². The normalized spacial score (nSPS) is 19.5. The zero-order chi connectivity index (χ0) is 17.1. The van der Waals surface area contributed by atoms with Gasteiger partial charge in [-0.15, -0.1) is 0 Å². The van der Waals surface area contributed by atoms with E-state index in [1.165, 1.54) is 5.56 Å². The van der Waals surface area contributed by atoms with Gasteiger partial charge in [0, 0.05) is 37.8 Å². The number of aromatic nitrogens is 2. The number of para-hydroxylation sites is 1. The zero-order valence-corrected chi connectivity index (χ0v) is 14.1. The van der Waals surface area contributed by atoms with E-state index in [1.807, 2.05) is 23.1 Å². The number of nitrogens with zero attached hydrogens (tertiary/aromatic N) is 3. The third kappa shape index (κ3) is 3.49. The van der Waals surface area contributed by atoms with Gasteiger partial charge < -0.3 is 15.0 Å². The van der Waals surface area contributed by atoms with Crippen LogP contribution >= 0.6 is 0 Å². The summed E-state index contributed by atoms with van der Waals surface area (Å²) >= 11 is 0. The second kappa shape index (κ2) is 7.19. The van der Waals surface area contributed by atoms with Crippen molar-refractivity contribution in [3.05, 3.63) is 47.8 Å². The van der Waals surface area contributed by atoms with Crippen molar-refractivity contribution in [2.75, 3.05) is 29.9 Å². The van der Waals surface area contributed by atoms with E-state index in [1.54, 1.807) is 12.4 Å². The van der Waals surface area contributed by atoms with Crippen molar-refractivity contribution in [3.63, 3.8) is 0 Å². The van der Waals surface area contributed by atoms with E-state index in [4.69, 9.17) is 4.74 Å². The molecular weight excluding hydrogens is 316 g/mol. The smallest absolute Gasteiger partial charge is 0.261 e. The molecule has 0 aliphatic carbocycles. The molecule has 1 aromatic heterocycles. The highest BCUT2D eigenvalue weighted by atomic mass is 16.5. The molecule has 0 saturated carbocycles. The van der Waals surface area contributed by atoms with Crippen LogP contribution in [0.5, 0.6) is 0 Å². The Labute approximate surface area is 147 Å². The van der Waals surface area contributed by atoms with Crippen molar-refractivity contribution in [2.45, 2.75) is 31.8 Å². The molecule has 1 aromatic carbocycles. The molecule has 6 nitrogen and oxygen atoms in total. The van der Waals surface area contributed by atoms with Gasteiger partial charge in [-0.3, -0.25) is 4.79 Å². The summed E-state index contributed by atoms with van der Waals surface area (Å²) in [6, 6.07) is 8.08. The number of aryl methyl sites for hydroxylation is 1. The Balaban J connectivity index is 1.44. The fraction of sp³-hybridized carbons (Fsp3) is 0.421. The van der Waals surface area contributed by atoms with Gasteiger partial charge in [-0.05, 0) is 37.3 Å². The lowest BCUT2D eigenvalue weighted by atomic mass is 10.0. The minimum Gasteiger partial charge on any atom is -0.376 e. The number of benzene rings is 1. The van der Waals surface area contributed by atoms with E-state index in [0.717, 1.165) is 44.5 Å². The maximum atomic E-state index is 12.8. The van der Waals surface area contributed by atoms with Crippen LogP contribution in [0.25, 0.3) is 0 Å². The van der Waals surface area contributed by atoms with Gasteiger partial charge in [-0.2, -0.15) is 0 Å². The van der Waals surface area contributed by atoms with Crippen LogP contribution in [-0.2, 0) is 11.2 Å². The van der Waals surface area contributed by atoms with Crippen LogP contribution in [0, 0.1) is 0 Å². The number of carbonyl (C=O) groups is 1. The lowest BCUT2D eigenvalue weighted by molar-refractivity contribution is 0.0984. The van der Waals surface area contributed by atoms with Crippen molar-refractivity contribution in [3.8, 4) is 0 Å². The molecule has 1 fully saturated rings. The minimum absolute atomic E-state index is 0.0437. The molecule has 2 aliphatic heterocycles. The summed E-state index contributed by atoms with van der Waals surface area (Å²) in [7, 11) is 0. The second-order valence-electron chi connectivity index (χ2n) is 6.50. The maximum absolute atomic E-state index is 12.8. The Morgan fingerprint density at radius 1 is 1.24 bits per heavy atom. The van der Waals surface area contributed by atoms with Gasteiger partial charge in [0.1, 0.15) is 0 Å². The Hall–Kier alpha value is -2.47. The molecule has 1 saturated heterocycles. The van der Waals surface area contributed by atoms with Gasteiger partial charge in [-0.1, -0.05) is 18.2 Å². The Morgan fingerprint density at radius 2 is 2.08 bits per heavy atom. The Kier molecular flexibility index (Phi) is 4.61. The Bertz CT molecular complexity index is 741. The largest absolute Gasteiger partial charge is 0.376 e. The topological polar surface area (TPSA) is 67.3 Å². The SMILES string of the molecule is O=C(c1cnc(NCC2CCCO2)nc1)N1CCCc2ccccc21. The molecule has 0 spiro atoms. The summed E-state index contributed by atoms with van der Waals surface area (Å²) in [4.78, 5) is 23.2. The molecule has 130 valence electrons. The van der Waals surface area contributed by atoms with Crippen LogP contribution < -0.4 is 10.2 Å². The highest BCUT2D eigenvalue weighted by Gasteiger charge is 2.23. The summed E-state index contributed by atoms with van der Waals surface area (Å²) in [5.41, 5.74) is 2.73. The Morgan fingerprint density at radius 3 is 2.88 bits per heavy atom. The highest BCUT2D eigenvalue weighted by molar-refractivity contribution is 6.06. The number of fused-ring (bicyclic) bond motifs is 1. The summed E-state index contributed by atoms with van der Waals surface area (Å²) in [6.07, 6.45) is 7.60. The monoisotopic (exact) mass is 338 g/mol. The van der Waals surface area contributed by atoms with Crippen LogP contribution in [0.2, 0.25) is 0 Å². The standard InChI is InChI=1S/C19H22N4O2/c24-18(23-9-3-6-14-5-1-2-8-17(14)23)15-11-20-19(21-12-15)22-13-16-7-4-10-25-16/h1-2,5,8,11-12,16H,3-4,6-7,9-10,13H2,(H,20,21,22). The average Bonchev–Trinajstić information content (AvgIpc) is 3.19. The van der Waals surface area contributed by atoms with Crippen molar-refractivity contribution >= 4 is 17.5 Å². The highest BCUT2D eigenvalue weighted by Crippen LogP contribution is 2.27. The molecule has 6 heteroatoms. The van der Waals surface area contributed by atoms with E-state index >= 15 is 0 Å². The fourth-order valence-electron chi connectivity index (χ4n) is 3.44. The summed E-state index contributed by atoms with van der Waals surface area (Å²) in [5, 5.41) is 3.18. The number of hydrogen-bond donors (Lipinski definition) is 1. The maximum Gasteiger partial charge on any atom is 0.261 e. The van der Waals surface area contributed by atoms with Crippen LogP contribution in [0.1, 0.15) is 35.2 Å². The number of rotatable bonds is 4. The molecule has 0 bridgehead atoms. The van der Waals surface area contributed by atoms with Gasteiger partial charge in [0.15, 0.2) is 0 Å². The summed E-state index contributed by atoms with van der Waals surface area (Å²) in [6.45, 7) is 2.26. The number of carbonyl (C=O) groups excluding carboxylic acids is 1. The van der Waals surface area contributed by atoms with E-state index in [2.05, 4.69) is 21.4 Å². The van der Waals surface area contributed by atoms with Gasteiger partial charge >= 0.3 is 0 Å². The minimum atomic E-state index is -0.0437. The summed E-state index contributed by atoms with van der Waals surface area (Å²) in [5.74, 6) is 0.490. The predicted octanol–water partition coefficient (Wildman–Crippen LogP) is 2.66. The molecule has 1 N–H and O–H groups in total. The van der Waals surface area contributed by atoms with Crippen molar-refractivity contribution in [2.24, 2.45) is 0 Å². The molecule has 3 heterocycles. The molecular formula is C19H22N4O2. The summed E-state index contributed by atoms with van der Waals surface area (Å²) < 4.78 is 5.57. The van der Waals surface area contributed by atoms with E-state index in [-0.39, 0.29) is 12.0 Å². The third-order valence-electron chi connectivity index (χ3n) is 4.77. The lowest BCUT2D eigenvalue weighted by Gasteiger charge is -2.29. The van der Waals surface area contributed by atoms with Crippen LogP contribution in [0.15, 0.2) is 36.7 Å². The molecule has 1 atom stereocenters. The van der Waals surface area contributed by atoms with Gasteiger partial charge in [-0.25, -0.2) is 9.97 Å². The molecule has 4 rings (SSSR count). The first-order valence-electron chi connectivity index (χ1n) is 8.88. The first-order valence-corrected chi connectivity index (χ1v) is 8.88. The van der Waals surface area contributed by atoms with Gasteiger partial charge in [0.05, 0.1) is 11.7 Å². The molecule has 2 aliphatic rings. The molecule has 0 radical (unpaired) electrons. The second-order valence-corrected chi connectivity index (χ2v) is 6.50. The number of ether oxygens (including phenoxy) is 1. The quantitative estimate of drug-likeness (QED) is 0.928. The lowest BCUT2D eigenvalue weighted by Crippen LogP contribution is -2.35. The zero-order valence-electron chi connectivity index (χ0n) is 14.1. The third-order valence-corrected chi connectivity index (χ3v) is 4.77. The number of amides is 1.